The molecule has 84 valence electrons. The number of imidazole rings is 1. The Labute approximate surface area is 93.5 Å². The van der Waals surface area contributed by atoms with Crippen LogP contribution < -0.4 is 5.69 Å². The molecule has 1 aromatic heterocycles. The molecule has 1 aromatic carbocycles. The van der Waals surface area contributed by atoms with Crippen LogP contribution in [0.1, 0.15) is 5.56 Å². The van der Waals surface area contributed by atoms with E-state index in [0.29, 0.717) is 6.61 Å². The van der Waals surface area contributed by atoms with Crippen molar-refractivity contribution in [1.29, 1.82) is 0 Å². The van der Waals surface area contributed by atoms with Crippen molar-refractivity contribution in [2.75, 3.05) is 13.7 Å². The Morgan fingerprint density at radius 1 is 1.38 bits per heavy atom. The number of para-hydroxylation sites is 1. The lowest BCUT2D eigenvalue weighted by Gasteiger charge is -2.08. The van der Waals surface area contributed by atoms with E-state index in [-0.39, 0.29) is 5.69 Å². The molecule has 0 aliphatic heterocycles. The topological polar surface area (TPSA) is 47.0 Å². The molecule has 2 rings (SSSR count). The van der Waals surface area contributed by atoms with Crippen molar-refractivity contribution in [3.05, 3.63) is 52.7 Å². The number of nitrogens with one attached hydrogen (secondary N) is 1. The second kappa shape index (κ2) is 4.81. The van der Waals surface area contributed by atoms with Gasteiger partial charge in [0.2, 0.25) is 0 Å². The molecule has 0 radical (unpaired) electrons. The molecule has 0 atom stereocenters. The third-order valence-electron chi connectivity index (χ3n) is 2.48. The van der Waals surface area contributed by atoms with Crippen molar-refractivity contribution < 1.29 is 4.74 Å². The van der Waals surface area contributed by atoms with Gasteiger partial charge in [0, 0.05) is 19.5 Å². The molecule has 0 fully saturated rings. The predicted octanol–water partition coefficient (Wildman–Crippen LogP) is 1.35. The molecular formula is C12H14N2O2. The highest BCUT2D eigenvalue weighted by Crippen LogP contribution is 2.12. The van der Waals surface area contributed by atoms with Crippen molar-refractivity contribution in [2.24, 2.45) is 0 Å². The summed E-state index contributed by atoms with van der Waals surface area (Å²) in [5.74, 6) is 0. The quantitative estimate of drug-likeness (QED) is 0.842. The van der Waals surface area contributed by atoms with E-state index < -0.39 is 0 Å². The Bertz CT molecular complexity index is 513. The summed E-state index contributed by atoms with van der Waals surface area (Å²) in [6.45, 7) is 0.649. The van der Waals surface area contributed by atoms with Gasteiger partial charge in [-0.3, -0.25) is 4.57 Å². The lowest BCUT2D eigenvalue weighted by atomic mass is 10.1. The summed E-state index contributed by atoms with van der Waals surface area (Å²) in [7, 11) is 1.67. The lowest BCUT2D eigenvalue weighted by Crippen LogP contribution is -2.16. The van der Waals surface area contributed by atoms with E-state index in [0.717, 1.165) is 17.7 Å². The fourth-order valence-electron chi connectivity index (χ4n) is 1.68. The van der Waals surface area contributed by atoms with Gasteiger partial charge in [-0.2, -0.15) is 0 Å². The number of benzene rings is 1. The molecule has 0 amide bonds. The van der Waals surface area contributed by atoms with Crippen molar-refractivity contribution in [3.63, 3.8) is 0 Å². The molecule has 4 heteroatoms. The SMILES string of the molecule is COCCc1ccccc1-n1cc[nH]c1=O. The Morgan fingerprint density at radius 3 is 2.88 bits per heavy atom. The molecular weight excluding hydrogens is 204 g/mol. The van der Waals surface area contributed by atoms with Gasteiger partial charge in [0.25, 0.3) is 0 Å². The minimum Gasteiger partial charge on any atom is -0.384 e. The van der Waals surface area contributed by atoms with Gasteiger partial charge >= 0.3 is 5.69 Å². The van der Waals surface area contributed by atoms with Crippen LogP contribution in [-0.4, -0.2) is 23.3 Å². The number of hydrogen-bond acceptors (Lipinski definition) is 2. The molecule has 0 aliphatic carbocycles. The molecule has 16 heavy (non-hydrogen) atoms. The molecule has 0 unspecified atom stereocenters. The number of H-pyrrole nitrogens is 1. The molecule has 0 bridgehead atoms. The number of ether oxygens (including phenoxy) is 1. The van der Waals surface area contributed by atoms with Gasteiger partial charge in [0.1, 0.15) is 0 Å². The predicted molar refractivity (Wildman–Crippen MR) is 62.0 cm³/mol. The molecule has 0 spiro atoms. The standard InChI is InChI=1S/C12H14N2O2/c1-16-9-6-10-4-2-3-5-11(10)14-8-7-13-12(14)15/h2-5,7-8H,6,9H2,1H3,(H,13,15). The van der Waals surface area contributed by atoms with E-state index in [9.17, 15) is 4.79 Å². The molecule has 1 N–H and O–H groups in total. The zero-order valence-corrected chi connectivity index (χ0v) is 9.14. The van der Waals surface area contributed by atoms with Crippen LogP contribution in [0.3, 0.4) is 0 Å². The zero-order chi connectivity index (χ0) is 11.4. The number of nitrogens with zero attached hydrogens (tertiary/aromatic N) is 1. The van der Waals surface area contributed by atoms with Crippen molar-refractivity contribution >= 4 is 0 Å². The van der Waals surface area contributed by atoms with Crippen LogP contribution in [-0.2, 0) is 11.2 Å². The van der Waals surface area contributed by atoms with Crippen molar-refractivity contribution in [3.8, 4) is 5.69 Å². The number of hydrogen-bond donors (Lipinski definition) is 1. The highest BCUT2D eigenvalue weighted by atomic mass is 16.5. The summed E-state index contributed by atoms with van der Waals surface area (Å²) < 4.78 is 6.66. The minimum atomic E-state index is -0.120. The molecule has 0 saturated carbocycles. The van der Waals surface area contributed by atoms with Gasteiger partial charge in [0.05, 0.1) is 12.3 Å². The molecule has 0 saturated heterocycles. The fraction of sp³-hybridized carbons (Fsp3) is 0.250. The van der Waals surface area contributed by atoms with Gasteiger partial charge < -0.3 is 9.72 Å². The maximum atomic E-state index is 11.5. The van der Waals surface area contributed by atoms with Gasteiger partial charge in [-0.1, -0.05) is 18.2 Å². The number of methoxy groups -OCH3 is 1. The first-order chi connectivity index (χ1) is 7.83. The van der Waals surface area contributed by atoms with E-state index in [1.807, 2.05) is 24.3 Å². The van der Waals surface area contributed by atoms with Crippen LogP contribution in [0.25, 0.3) is 5.69 Å². The smallest absolute Gasteiger partial charge is 0.330 e. The second-order valence-corrected chi connectivity index (χ2v) is 3.51. The first kappa shape index (κ1) is 10.7. The molecule has 1 heterocycles. The van der Waals surface area contributed by atoms with Crippen LogP contribution in [0.15, 0.2) is 41.5 Å². The average molecular weight is 218 g/mol. The summed E-state index contributed by atoms with van der Waals surface area (Å²) in [6.07, 6.45) is 4.16. The summed E-state index contributed by atoms with van der Waals surface area (Å²) >= 11 is 0. The van der Waals surface area contributed by atoms with Crippen LogP contribution in [0.2, 0.25) is 0 Å². The second-order valence-electron chi connectivity index (χ2n) is 3.51. The minimum absolute atomic E-state index is 0.120. The van der Waals surface area contributed by atoms with Crippen LogP contribution in [0, 0.1) is 0 Å². The van der Waals surface area contributed by atoms with E-state index >= 15 is 0 Å². The monoisotopic (exact) mass is 218 g/mol. The summed E-state index contributed by atoms with van der Waals surface area (Å²) in [5, 5.41) is 0. The normalized spacial score (nSPS) is 10.6. The Balaban J connectivity index is 2.40. The largest absolute Gasteiger partial charge is 0.384 e. The third kappa shape index (κ3) is 2.06. The summed E-state index contributed by atoms with van der Waals surface area (Å²) in [6, 6.07) is 7.82. The first-order valence-corrected chi connectivity index (χ1v) is 5.16. The maximum absolute atomic E-state index is 11.5. The van der Waals surface area contributed by atoms with Crippen molar-refractivity contribution in [1.82, 2.24) is 9.55 Å². The van der Waals surface area contributed by atoms with E-state index in [1.54, 1.807) is 24.1 Å². The summed E-state index contributed by atoms with van der Waals surface area (Å²) in [4.78, 5) is 14.1. The summed E-state index contributed by atoms with van der Waals surface area (Å²) in [5.41, 5.74) is 1.89. The van der Waals surface area contributed by atoms with E-state index in [2.05, 4.69) is 4.98 Å². The fourth-order valence-corrected chi connectivity index (χ4v) is 1.68. The number of aromatic nitrogens is 2. The molecule has 0 aliphatic rings. The lowest BCUT2D eigenvalue weighted by molar-refractivity contribution is 0.202. The number of aromatic amines is 1. The van der Waals surface area contributed by atoms with Gasteiger partial charge in [-0.25, -0.2) is 4.79 Å². The molecule has 4 nitrogen and oxygen atoms in total. The highest BCUT2D eigenvalue weighted by molar-refractivity contribution is 5.41. The zero-order valence-electron chi connectivity index (χ0n) is 9.14. The maximum Gasteiger partial charge on any atom is 0.330 e. The molecule has 2 aromatic rings. The number of rotatable bonds is 4. The van der Waals surface area contributed by atoms with E-state index in [4.69, 9.17) is 4.74 Å². The van der Waals surface area contributed by atoms with Crippen LogP contribution >= 0.6 is 0 Å². The van der Waals surface area contributed by atoms with Gasteiger partial charge in [-0.15, -0.1) is 0 Å². The third-order valence-corrected chi connectivity index (χ3v) is 2.48. The van der Waals surface area contributed by atoms with Crippen LogP contribution in [0.4, 0.5) is 0 Å². The van der Waals surface area contributed by atoms with E-state index in [1.165, 1.54) is 0 Å². The van der Waals surface area contributed by atoms with Crippen LogP contribution in [0.5, 0.6) is 0 Å². The highest BCUT2D eigenvalue weighted by Gasteiger charge is 2.05. The van der Waals surface area contributed by atoms with Gasteiger partial charge in [-0.05, 0) is 18.1 Å². The van der Waals surface area contributed by atoms with Gasteiger partial charge in [0.15, 0.2) is 0 Å². The Morgan fingerprint density at radius 2 is 2.19 bits per heavy atom. The average Bonchev–Trinajstić information content (AvgIpc) is 2.73. The Hall–Kier alpha value is -1.81. The van der Waals surface area contributed by atoms with Crippen molar-refractivity contribution in [2.45, 2.75) is 6.42 Å². The first-order valence-electron chi connectivity index (χ1n) is 5.16. The Kier molecular flexibility index (Phi) is 3.22.